The van der Waals surface area contributed by atoms with Crippen LogP contribution in [0.15, 0.2) is 36.7 Å². The maximum Gasteiger partial charge on any atom is 0.491 e. The van der Waals surface area contributed by atoms with Crippen molar-refractivity contribution in [2.75, 3.05) is 0 Å². The Balaban J connectivity index is 2.30. The topological polar surface area (TPSA) is 101 Å². The van der Waals surface area contributed by atoms with Crippen LogP contribution in [0.25, 0.3) is 5.69 Å². The molecule has 1 aromatic carbocycles. The lowest BCUT2D eigenvalue weighted by molar-refractivity contribution is -0.384. The second-order valence-corrected chi connectivity index (χ2v) is 3.37. The van der Waals surface area contributed by atoms with E-state index < -0.39 is 12.0 Å². The minimum Gasteiger partial charge on any atom is -0.423 e. The van der Waals surface area contributed by atoms with Crippen LogP contribution in [0.2, 0.25) is 0 Å². The molecule has 0 bridgehead atoms. The van der Waals surface area contributed by atoms with Crippen molar-refractivity contribution in [2.24, 2.45) is 0 Å². The highest BCUT2D eigenvalue weighted by atomic mass is 16.6. The first-order valence-corrected chi connectivity index (χ1v) is 4.73. The summed E-state index contributed by atoms with van der Waals surface area (Å²) < 4.78 is 1.40. The van der Waals surface area contributed by atoms with Gasteiger partial charge >= 0.3 is 7.12 Å². The van der Waals surface area contributed by atoms with Gasteiger partial charge in [-0.15, -0.1) is 0 Å². The molecule has 0 radical (unpaired) electrons. The Hall–Kier alpha value is -2.19. The quantitative estimate of drug-likeness (QED) is 0.421. The highest BCUT2D eigenvalue weighted by Crippen LogP contribution is 2.13. The van der Waals surface area contributed by atoms with Gasteiger partial charge in [0.05, 0.1) is 10.6 Å². The van der Waals surface area contributed by atoms with Crippen molar-refractivity contribution in [2.45, 2.75) is 0 Å². The summed E-state index contributed by atoms with van der Waals surface area (Å²) in [6.07, 6.45) is 2.75. The minimum atomic E-state index is -1.58. The fraction of sp³-hybridized carbons (Fsp3) is 0. The molecule has 8 heteroatoms. The van der Waals surface area contributed by atoms with Gasteiger partial charge in [-0.25, -0.2) is 4.68 Å². The van der Waals surface area contributed by atoms with Gasteiger partial charge in [0.1, 0.15) is 0 Å². The molecule has 0 aliphatic carbocycles. The normalized spacial score (nSPS) is 10.2. The van der Waals surface area contributed by atoms with Gasteiger partial charge in [0.25, 0.3) is 5.69 Å². The van der Waals surface area contributed by atoms with Gasteiger partial charge in [0.2, 0.25) is 0 Å². The number of nitrogens with zero attached hydrogens (tertiary/aromatic N) is 3. The summed E-state index contributed by atoms with van der Waals surface area (Å²) in [5.74, 6) is 0. The zero-order valence-electron chi connectivity index (χ0n) is 8.59. The Morgan fingerprint density at radius 1 is 1.29 bits per heavy atom. The molecule has 7 nitrogen and oxygen atoms in total. The van der Waals surface area contributed by atoms with E-state index >= 15 is 0 Å². The largest absolute Gasteiger partial charge is 0.491 e. The molecular formula is C9H8BN3O4. The van der Waals surface area contributed by atoms with Crippen LogP contribution in [-0.4, -0.2) is 31.9 Å². The van der Waals surface area contributed by atoms with Gasteiger partial charge < -0.3 is 10.0 Å². The van der Waals surface area contributed by atoms with Crippen molar-refractivity contribution >= 4 is 18.3 Å². The number of nitro groups is 1. The summed E-state index contributed by atoms with van der Waals surface area (Å²) in [5, 5.41) is 32.2. The van der Waals surface area contributed by atoms with E-state index in [0.717, 1.165) is 0 Å². The van der Waals surface area contributed by atoms with Gasteiger partial charge in [-0.2, -0.15) is 5.10 Å². The zero-order valence-corrected chi connectivity index (χ0v) is 8.59. The van der Waals surface area contributed by atoms with Crippen molar-refractivity contribution in [1.82, 2.24) is 9.78 Å². The van der Waals surface area contributed by atoms with Gasteiger partial charge in [-0.05, 0) is 12.1 Å². The van der Waals surface area contributed by atoms with Gasteiger partial charge in [0, 0.05) is 30.0 Å². The van der Waals surface area contributed by atoms with Crippen LogP contribution in [0.5, 0.6) is 0 Å². The van der Waals surface area contributed by atoms with Crippen LogP contribution >= 0.6 is 0 Å². The lowest BCUT2D eigenvalue weighted by Crippen LogP contribution is -2.28. The molecule has 0 amide bonds. The Morgan fingerprint density at radius 2 is 1.94 bits per heavy atom. The molecule has 1 heterocycles. The van der Waals surface area contributed by atoms with E-state index in [-0.39, 0.29) is 11.2 Å². The molecule has 0 unspecified atom stereocenters. The smallest absolute Gasteiger partial charge is 0.423 e. The zero-order chi connectivity index (χ0) is 12.4. The Kier molecular flexibility index (Phi) is 2.90. The molecule has 2 rings (SSSR count). The van der Waals surface area contributed by atoms with Crippen molar-refractivity contribution in [3.05, 3.63) is 46.8 Å². The van der Waals surface area contributed by atoms with E-state index in [2.05, 4.69) is 5.10 Å². The summed E-state index contributed by atoms with van der Waals surface area (Å²) in [6.45, 7) is 0. The van der Waals surface area contributed by atoms with Crippen LogP contribution in [0, 0.1) is 10.1 Å². The third kappa shape index (κ3) is 2.32. The molecule has 2 N–H and O–H groups in total. The molecule has 0 fully saturated rings. The molecule has 0 aliphatic rings. The summed E-state index contributed by atoms with van der Waals surface area (Å²) >= 11 is 0. The van der Waals surface area contributed by atoms with Gasteiger partial charge in [-0.1, -0.05) is 0 Å². The summed E-state index contributed by atoms with van der Waals surface area (Å²) in [4.78, 5) is 9.97. The third-order valence-corrected chi connectivity index (χ3v) is 2.23. The molecule has 0 aliphatic heterocycles. The van der Waals surface area contributed by atoms with Crippen LogP contribution in [0.4, 0.5) is 5.69 Å². The maximum atomic E-state index is 10.5. The van der Waals surface area contributed by atoms with Crippen LogP contribution in [0.1, 0.15) is 0 Å². The molecule has 0 spiro atoms. The molecule has 17 heavy (non-hydrogen) atoms. The van der Waals surface area contributed by atoms with Crippen LogP contribution in [0.3, 0.4) is 0 Å². The Bertz CT molecular complexity index is 537. The van der Waals surface area contributed by atoms with Crippen LogP contribution in [-0.2, 0) is 0 Å². The average molecular weight is 233 g/mol. The highest BCUT2D eigenvalue weighted by Gasteiger charge is 2.14. The lowest BCUT2D eigenvalue weighted by Gasteiger charge is -2.00. The fourth-order valence-electron chi connectivity index (χ4n) is 1.34. The molecule has 0 atom stereocenters. The first-order valence-electron chi connectivity index (χ1n) is 4.73. The number of aromatic nitrogens is 2. The molecule has 0 saturated carbocycles. The number of non-ortho nitro benzene ring substituents is 1. The second kappa shape index (κ2) is 4.36. The minimum absolute atomic E-state index is 0.0108. The SMILES string of the molecule is O=[N+]([O-])c1ccc(-n2cc(B(O)O)cn2)cc1. The van der Waals surface area contributed by atoms with Crippen molar-refractivity contribution in [3.8, 4) is 5.69 Å². The summed E-state index contributed by atoms with van der Waals surface area (Å²) in [7, 11) is -1.58. The van der Waals surface area contributed by atoms with E-state index in [4.69, 9.17) is 10.0 Å². The number of hydrogen-bond acceptors (Lipinski definition) is 5. The first kappa shape index (κ1) is 11.3. The predicted octanol–water partition coefficient (Wildman–Crippen LogP) is -0.540. The predicted molar refractivity (Wildman–Crippen MR) is 60.0 cm³/mol. The lowest BCUT2D eigenvalue weighted by atomic mass is 9.83. The fourth-order valence-corrected chi connectivity index (χ4v) is 1.34. The number of rotatable bonds is 3. The molecule has 0 saturated heterocycles. The van der Waals surface area contributed by atoms with Gasteiger partial charge in [-0.3, -0.25) is 10.1 Å². The monoisotopic (exact) mass is 233 g/mol. The summed E-state index contributed by atoms with van der Waals surface area (Å²) in [5.41, 5.74) is 0.842. The van der Waals surface area contributed by atoms with E-state index in [0.29, 0.717) is 5.69 Å². The summed E-state index contributed by atoms with van der Waals surface area (Å²) in [6, 6.07) is 5.76. The van der Waals surface area contributed by atoms with Gasteiger partial charge in [0.15, 0.2) is 0 Å². The Labute approximate surface area is 96.2 Å². The standard InChI is InChI=1S/C9H8BN3O4/c14-10(15)7-5-11-12(6-7)8-1-3-9(4-2-8)13(16)17/h1-6,14-15H. The van der Waals surface area contributed by atoms with E-state index in [1.165, 1.54) is 41.3 Å². The van der Waals surface area contributed by atoms with Crippen molar-refractivity contribution in [3.63, 3.8) is 0 Å². The molecular weight excluding hydrogens is 225 g/mol. The molecule has 2 aromatic rings. The number of benzene rings is 1. The molecule has 86 valence electrons. The molecule has 1 aromatic heterocycles. The first-order chi connectivity index (χ1) is 8.08. The average Bonchev–Trinajstić information content (AvgIpc) is 2.78. The highest BCUT2D eigenvalue weighted by molar-refractivity contribution is 6.58. The Morgan fingerprint density at radius 3 is 2.41 bits per heavy atom. The maximum absolute atomic E-state index is 10.5. The van der Waals surface area contributed by atoms with Crippen LogP contribution < -0.4 is 5.46 Å². The van der Waals surface area contributed by atoms with E-state index in [9.17, 15) is 10.1 Å². The van der Waals surface area contributed by atoms with Crippen molar-refractivity contribution in [1.29, 1.82) is 0 Å². The number of hydrogen-bond donors (Lipinski definition) is 2. The number of nitro benzene ring substituents is 1. The van der Waals surface area contributed by atoms with Crippen molar-refractivity contribution < 1.29 is 15.0 Å². The van der Waals surface area contributed by atoms with E-state index in [1.807, 2.05) is 0 Å². The third-order valence-electron chi connectivity index (χ3n) is 2.23. The second-order valence-electron chi connectivity index (χ2n) is 3.37. The van der Waals surface area contributed by atoms with E-state index in [1.54, 1.807) is 0 Å².